The average Bonchev–Trinajstić information content (AvgIpc) is 2.81. The van der Waals surface area contributed by atoms with Crippen molar-refractivity contribution in [1.82, 2.24) is 0 Å². The van der Waals surface area contributed by atoms with Crippen LogP contribution in [0.3, 0.4) is 0 Å². The van der Waals surface area contributed by atoms with Gasteiger partial charge >= 0.3 is 0 Å². The van der Waals surface area contributed by atoms with E-state index in [9.17, 15) is 0 Å². The summed E-state index contributed by atoms with van der Waals surface area (Å²) in [5.41, 5.74) is 2.35. The van der Waals surface area contributed by atoms with E-state index in [1.54, 1.807) is 11.3 Å². The van der Waals surface area contributed by atoms with Crippen molar-refractivity contribution < 1.29 is 4.74 Å². The summed E-state index contributed by atoms with van der Waals surface area (Å²) in [6, 6.07) is 10.7. The number of hydrogen-bond acceptors (Lipinski definition) is 3. The molecular weight excluding hydrogens is 218 g/mol. The van der Waals surface area contributed by atoms with Crippen molar-refractivity contribution in [3.05, 3.63) is 46.2 Å². The van der Waals surface area contributed by atoms with E-state index in [2.05, 4.69) is 41.9 Å². The number of anilines is 1. The van der Waals surface area contributed by atoms with Gasteiger partial charge in [0.25, 0.3) is 0 Å². The number of fused-ring (bicyclic) bond motifs is 1. The fraction of sp³-hybridized carbons (Fsp3) is 0.231. The predicted molar refractivity (Wildman–Crippen MR) is 67.4 cm³/mol. The van der Waals surface area contributed by atoms with Gasteiger partial charge < -0.3 is 10.1 Å². The summed E-state index contributed by atoms with van der Waals surface area (Å²) >= 11 is 1.77. The molecule has 1 aliphatic rings. The number of aryl methyl sites for hydroxylation is 1. The van der Waals surface area contributed by atoms with Crippen molar-refractivity contribution in [2.45, 2.75) is 13.0 Å². The zero-order valence-corrected chi connectivity index (χ0v) is 9.88. The maximum atomic E-state index is 5.76. The summed E-state index contributed by atoms with van der Waals surface area (Å²) in [6.07, 6.45) is 0. The van der Waals surface area contributed by atoms with Gasteiger partial charge in [-0.2, -0.15) is 0 Å². The van der Waals surface area contributed by atoms with Crippen LogP contribution in [0.1, 0.15) is 16.5 Å². The van der Waals surface area contributed by atoms with Crippen molar-refractivity contribution in [1.29, 1.82) is 0 Å². The van der Waals surface area contributed by atoms with Gasteiger partial charge in [-0.1, -0.05) is 12.1 Å². The summed E-state index contributed by atoms with van der Waals surface area (Å²) in [5, 5.41) is 5.63. The first-order valence-electron chi connectivity index (χ1n) is 5.36. The van der Waals surface area contributed by atoms with Crippen LogP contribution >= 0.6 is 11.3 Å². The molecule has 0 radical (unpaired) electrons. The molecule has 3 rings (SSSR count). The zero-order chi connectivity index (χ0) is 11.0. The number of thiophene rings is 1. The molecule has 1 aliphatic heterocycles. The minimum Gasteiger partial charge on any atom is -0.489 e. The van der Waals surface area contributed by atoms with Crippen LogP contribution in [-0.2, 0) is 0 Å². The number of nitrogens with one attached hydrogen (secondary N) is 1. The molecule has 82 valence electrons. The molecule has 1 N–H and O–H groups in total. The highest BCUT2D eigenvalue weighted by molar-refractivity contribution is 7.10. The molecule has 0 aliphatic carbocycles. The van der Waals surface area contributed by atoms with Crippen molar-refractivity contribution in [2.75, 3.05) is 11.9 Å². The normalized spacial score (nSPS) is 18.4. The van der Waals surface area contributed by atoms with Crippen molar-refractivity contribution in [2.24, 2.45) is 0 Å². The fourth-order valence-electron chi connectivity index (χ4n) is 1.93. The molecule has 0 unspecified atom stereocenters. The second-order valence-electron chi connectivity index (χ2n) is 4.02. The summed E-state index contributed by atoms with van der Waals surface area (Å²) in [7, 11) is 0. The lowest BCUT2D eigenvalue weighted by Crippen LogP contribution is -2.23. The molecule has 0 saturated heterocycles. The lowest BCUT2D eigenvalue weighted by Gasteiger charge is -2.27. The van der Waals surface area contributed by atoms with Gasteiger partial charge in [-0.25, -0.2) is 0 Å². The number of hydrogen-bond donors (Lipinski definition) is 1. The topological polar surface area (TPSA) is 21.3 Å². The number of ether oxygens (including phenoxy) is 1. The van der Waals surface area contributed by atoms with E-state index < -0.39 is 0 Å². The van der Waals surface area contributed by atoms with E-state index in [1.165, 1.54) is 10.4 Å². The molecule has 1 atom stereocenters. The Kier molecular flexibility index (Phi) is 2.33. The second kappa shape index (κ2) is 3.83. The molecule has 0 bridgehead atoms. The Hall–Kier alpha value is -1.48. The first kappa shape index (κ1) is 9.73. The van der Waals surface area contributed by atoms with Crippen LogP contribution in [-0.4, -0.2) is 6.61 Å². The van der Waals surface area contributed by atoms with Gasteiger partial charge in [0.1, 0.15) is 12.4 Å². The Morgan fingerprint density at radius 1 is 1.38 bits per heavy atom. The maximum Gasteiger partial charge on any atom is 0.142 e. The van der Waals surface area contributed by atoms with Crippen LogP contribution in [0.25, 0.3) is 0 Å². The molecule has 1 aromatic heterocycles. The van der Waals surface area contributed by atoms with Crippen molar-refractivity contribution in [3.8, 4) is 5.75 Å². The first-order valence-corrected chi connectivity index (χ1v) is 6.24. The Bertz CT molecular complexity index is 493. The molecule has 2 aromatic rings. The minimum absolute atomic E-state index is 0.286. The second-order valence-corrected chi connectivity index (χ2v) is 5.00. The van der Waals surface area contributed by atoms with Gasteiger partial charge in [0.05, 0.1) is 11.7 Å². The standard InChI is InChI=1S/C13H13NOS/c1-9-4-5-12-10(7-9)14-11(8-15-12)13-3-2-6-16-13/h2-7,11,14H,8H2,1H3/t11-/m1/s1. The van der Waals surface area contributed by atoms with Gasteiger partial charge in [-0.3, -0.25) is 0 Å². The van der Waals surface area contributed by atoms with E-state index in [0.717, 1.165) is 11.4 Å². The maximum absolute atomic E-state index is 5.76. The fourth-order valence-corrected chi connectivity index (χ4v) is 2.69. The van der Waals surface area contributed by atoms with Gasteiger partial charge in [0.15, 0.2) is 0 Å². The Labute approximate surface area is 98.9 Å². The first-order chi connectivity index (χ1) is 7.83. The van der Waals surface area contributed by atoms with Gasteiger partial charge in [-0.05, 0) is 36.1 Å². The predicted octanol–water partition coefficient (Wildman–Crippen LogP) is 3.60. The largest absolute Gasteiger partial charge is 0.489 e. The summed E-state index contributed by atoms with van der Waals surface area (Å²) < 4.78 is 5.76. The Morgan fingerprint density at radius 2 is 2.31 bits per heavy atom. The molecule has 3 heteroatoms. The van der Waals surface area contributed by atoms with E-state index in [4.69, 9.17) is 4.74 Å². The van der Waals surface area contributed by atoms with Crippen LogP contribution < -0.4 is 10.1 Å². The molecule has 0 amide bonds. The lowest BCUT2D eigenvalue weighted by molar-refractivity contribution is 0.288. The highest BCUT2D eigenvalue weighted by Gasteiger charge is 2.20. The van der Waals surface area contributed by atoms with Crippen LogP contribution in [0.2, 0.25) is 0 Å². The smallest absolute Gasteiger partial charge is 0.142 e. The molecule has 0 spiro atoms. The van der Waals surface area contributed by atoms with E-state index in [-0.39, 0.29) is 6.04 Å². The third-order valence-electron chi connectivity index (χ3n) is 2.76. The van der Waals surface area contributed by atoms with Gasteiger partial charge in [-0.15, -0.1) is 11.3 Å². The number of rotatable bonds is 1. The minimum atomic E-state index is 0.286. The summed E-state index contributed by atoms with van der Waals surface area (Å²) in [5.74, 6) is 0.957. The van der Waals surface area contributed by atoms with Crippen molar-refractivity contribution >= 4 is 17.0 Å². The SMILES string of the molecule is Cc1ccc2c(c1)N[C@@H](c1cccs1)CO2. The lowest BCUT2D eigenvalue weighted by atomic mass is 10.1. The monoisotopic (exact) mass is 231 g/mol. The van der Waals surface area contributed by atoms with Gasteiger partial charge in [0, 0.05) is 4.88 Å². The highest BCUT2D eigenvalue weighted by atomic mass is 32.1. The molecule has 2 nitrogen and oxygen atoms in total. The molecule has 16 heavy (non-hydrogen) atoms. The van der Waals surface area contributed by atoms with E-state index in [1.807, 2.05) is 6.07 Å². The van der Waals surface area contributed by atoms with Crippen LogP contribution in [0, 0.1) is 6.92 Å². The molecule has 0 saturated carbocycles. The Morgan fingerprint density at radius 3 is 3.12 bits per heavy atom. The van der Waals surface area contributed by atoms with Crippen molar-refractivity contribution in [3.63, 3.8) is 0 Å². The summed E-state index contributed by atoms with van der Waals surface area (Å²) in [6.45, 7) is 2.80. The summed E-state index contributed by atoms with van der Waals surface area (Å²) in [4.78, 5) is 1.33. The molecule has 0 fully saturated rings. The quantitative estimate of drug-likeness (QED) is 0.809. The molecule has 1 aromatic carbocycles. The third-order valence-corrected chi connectivity index (χ3v) is 3.74. The van der Waals surface area contributed by atoms with Crippen LogP contribution in [0.4, 0.5) is 5.69 Å². The third kappa shape index (κ3) is 1.67. The molecule has 2 heterocycles. The van der Waals surface area contributed by atoms with E-state index in [0.29, 0.717) is 6.61 Å². The Balaban J connectivity index is 1.91. The van der Waals surface area contributed by atoms with Gasteiger partial charge in [0.2, 0.25) is 0 Å². The van der Waals surface area contributed by atoms with E-state index >= 15 is 0 Å². The highest BCUT2D eigenvalue weighted by Crippen LogP contribution is 2.35. The van der Waals surface area contributed by atoms with Crippen LogP contribution in [0.15, 0.2) is 35.7 Å². The van der Waals surface area contributed by atoms with Crippen LogP contribution in [0.5, 0.6) is 5.75 Å². The average molecular weight is 231 g/mol. The molecular formula is C13H13NOS. The number of benzene rings is 1. The zero-order valence-electron chi connectivity index (χ0n) is 9.07.